The van der Waals surface area contributed by atoms with Crippen LogP contribution in [0.4, 0.5) is 26.3 Å². The minimum Gasteiger partial charge on any atom is -0.345 e. The third kappa shape index (κ3) is 9.31. The van der Waals surface area contributed by atoms with Gasteiger partial charge in [0.15, 0.2) is 11.5 Å². The lowest BCUT2D eigenvalue weighted by Crippen LogP contribution is -2.58. The number of aliphatic imine (C=N–C) groups is 1. The van der Waals surface area contributed by atoms with Crippen LogP contribution in [0.5, 0.6) is 0 Å². The Bertz CT molecular complexity index is 1210. The molecule has 3 rings (SSSR count). The molecular formula is C21H24F6N10O2. The van der Waals surface area contributed by atoms with E-state index >= 15 is 0 Å². The van der Waals surface area contributed by atoms with Crippen molar-refractivity contribution in [1.82, 2.24) is 35.5 Å². The molecule has 0 bridgehead atoms. The first-order valence-electron chi connectivity index (χ1n) is 11.4. The predicted molar refractivity (Wildman–Crippen MR) is 124 cm³/mol. The molecule has 39 heavy (non-hydrogen) atoms. The Morgan fingerprint density at radius 1 is 1.28 bits per heavy atom. The maximum Gasteiger partial charge on any atom is 0.416 e. The van der Waals surface area contributed by atoms with Crippen LogP contribution in [0.2, 0.25) is 0 Å². The zero-order valence-corrected chi connectivity index (χ0v) is 20.2. The van der Waals surface area contributed by atoms with Crippen molar-refractivity contribution in [3.8, 4) is 0 Å². The Labute approximate surface area is 217 Å². The second-order valence-electron chi connectivity index (χ2n) is 8.53. The fraction of sp³-hybridized carbons (Fsp3) is 0.476. The van der Waals surface area contributed by atoms with Crippen molar-refractivity contribution in [3.63, 3.8) is 0 Å². The van der Waals surface area contributed by atoms with Crippen LogP contribution in [0, 0.1) is 0 Å². The third-order valence-electron chi connectivity index (χ3n) is 5.22. The maximum absolute atomic E-state index is 14.2. The molecule has 2 aromatic heterocycles. The molecule has 2 amide bonds. The van der Waals surface area contributed by atoms with Crippen LogP contribution < -0.4 is 16.5 Å². The average molecular weight is 562 g/mol. The maximum atomic E-state index is 14.2. The van der Waals surface area contributed by atoms with Gasteiger partial charge in [-0.1, -0.05) is 5.21 Å². The number of aryl methyl sites for hydroxylation is 1. The molecule has 3 heterocycles. The van der Waals surface area contributed by atoms with E-state index in [0.717, 1.165) is 24.5 Å². The lowest BCUT2D eigenvalue weighted by atomic mass is 10.1. The Morgan fingerprint density at radius 2 is 2.03 bits per heavy atom. The van der Waals surface area contributed by atoms with Gasteiger partial charge in [-0.2, -0.15) is 18.3 Å². The van der Waals surface area contributed by atoms with Crippen molar-refractivity contribution in [2.75, 3.05) is 26.2 Å². The van der Waals surface area contributed by atoms with Gasteiger partial charge in [0.25, 0.3) is 11.8 Å². The summed E-state index contributed by atoms with van der Waals surface area (Å²) in [5.74, 6) is 0.832. The third-order valence-corrected chi connectivity index (χ3v) is 5.22. The highest BCUT2D eigenvalue weighted by atomic mass is 19.4. The second-order valence-corrected chi connectivity index (χ2v) is 8.53. The summed E-state index contributed by atoms with van der Waals surface area (Å²) in [6, 6.07) is 1.63. The highest BCUT2D eigenvalue weighted by Crippen LogP contribution is 2.29. The van der Waals surface area contributed by atoms with Crippen molar-refractivity contribution >= 4 is 23.9 Å². The molecule has 1 fully saturated rings. The molecule has 0 saturated carbocycles. The number of hydrogen-bond acceptors (Lipinski definition) is 9. The molecule has 12 nitrogen and oxygen atoms in total. The van der Waals surface area contributed by atoms with Gasteiger partial charge in [-0.15, -0.1) is 5.10 Å². The van der Waals surface area contributed by atoms with Gasteiger partial charge in [0.05, 0.1) is 56.4 Å². The quantitative estimate of drug-likeness (QED) is 0.120. The fourth-order valence-corrected chi connectivity index (χ4v) is 3.34. The van der Waals surface area contributed by atoms with Crippen molar-refractivity contribution in [2.24, 2.45) is 15.9 Å². The highest BCUT2D eigenvalue weighted by Gasteiger charge is 2.44. The molecule has 1 aliphatic heterocycles. The number of amides is 2. The van der Waals surface area contributed by atoms with E-state index in [2.05, 4.69) is 36.0 Å². The first-order chi connectivity index (χ1) is 18.3. The zero-order chi connectivity index (χ0) is 28.6. The molecule has 0 spiro atoms. The predicted octanol–water partition coefficient (Wildman–Crippen LogP) is 0.760. The standard InChI is InChI=1S/C21H24F6N10O2/c22-14(6-29-8-17(33-28)32-18(38)10-36-11-20(23,24)12-36)2-4-37-9-16(34-35-37)19(39)31-7-15-5-13(1-3-30-15)21(25,26)27/h1,3,5,8-9,14H,2,4,6-7,10-12,28H2,(H,31,39)(H,32,33,38). The van der Waals surface area contributed by atoms with Gasteiger partial charge in [0.2, 0.25) is 5.91 Å². The van der Waals surface area contributed by atoms with E-state index in [4.69, 9.17) is 5.84 Å². The topological polar surface area (TPSA) is 156 Å². The molecule has 18 heteroatoms. The van der Waals surface area contributed by atoms with E-state index in [9.17, 15) is 35.9 Å². The van der Waals surface area contributed by atoms with Crippen molar-refractivity contribution < 1.29 is 35.9 Å². The number of amidine groups is 1. The number of pyridine rings is 1. The average Bonchev–Trinajstić information content (AvgIpc) is 3.33. The van der Waals surface area contributed by atoms with Gasteiger partial charge < -0.3 is 16.5 Å². The molecule has 0 aromatic carbocycles. The summed E-state index contributed by atoms with van der Waals surface area (Å²) >= 11 is 0. The van der Waals surface area contributed by atoms with E-state index in [1.165, 1.54) is 15.8 Å². The monoisotopic (exact) mass is 562 g/mol. The number of nitrogens with zero attached hydrogens (tertiary/aromatic N) is 7. The van der Waals surface area contributed by atoms with Gasteiger partial charge in [0.1, 0.15) is 6.17 Å². The minimum absolute atomic E-state index is 0.00501. The Kier molecular flexibility index (Phi) is 9.55. The largest absolute Gasteiger partial charge is 0.416 e. The van der Waals surface area contributed by atoms with E-state index in [1.54, 1.807) is 0 Å². The van der Waals surface area contributed by atoms with Gasteiger partial charge in [-0.25, -0.2) is 13.2 Å². The number of nitrogens with one attached hydrogen (secondary N) is 2. The van der Waals surface area contributed by atoms with Crippen LogP contribution in [-0.4, -0.2) is 87.0 Å². The SMILES string of the molecule is NN=C(C=NCC(F)CCn1cc(C(=O)NCc2cc(C(F)(F)F)ccn2)nn1)NC(=O)CN1CC(F)(F)C1. The number of rotatable bonds is 11. The number of hydrogen-bond donors (Lipinski definition) is 3. The van der Waals surface area contributed by atoms with Gasteiger partial charge in [-0.3, -0.25) is 29.1 Å². The number of hydrazone groups is 1. The van der Waals surface area contributed by atoms with Gasteiger partial charge in [0, 0.05) is 19.2 Å². The Morgan fingerprint density at radius 3 is 2.69 bits per heavy atom. The van der Waals surface area contributed by atoms with Crippen LogP contribution in [0.1, 0.15) is 28.2 Å². The van der Waals surface area contributed by atoms with Gasteiger partial charge >= 0.3 is 6.18 Å². The zero-order valence-electron chi connectivity index (χ0n) is 20.2. The molecule has 1 aliphatic rings. The molecule has 2 aromatic rings. The second kappa shape index (κ2) is 12.6. The van der Waals surface area contributed by atoms with E-state index in [1.807, 2.05) is 0 Å². The summed E-state index contributed by atoms with van der Waals surface area (Å²) in [6.07, 6.45) is -2.80. The Balaban J connectivity index is 1.38. The lowest BCUT2D eigenvalue weighted by molar-refractivity contribution is -0.143. The smallest absolute Gasteiger partial charge is 0.345 e. The lowest BCUT2D eigenvalue weighted by Gasteiger charge is -2.37. The summed E-state index contributed by atoms with van der Waals surface area (Å²) in [4.78, 5) is 32.9. The molecule has 4 N–H and O–H groups in total. The molecule has 0 radical (unpaired) electrons. The summed E-state index contributed by atoms with van der Waals surface area (Å²) in [5, 5.41) is 15.3. The van der Waals surface area contributed by atoms with Crippen LogP contribution in [-0.2, 0) is 24.1 Å². The van der Waals surface area contributed by atoms with E-state index in [-0.39, 0.29) is 49.8 Å². The molecule has 1 saturated heterocycles. The van der Waals surface area contributed by atoms with Crippen molar-refractivity contribution in [3.05, 3.63) is 41.5 Å². The number of carbonyl (C=O) groups excluding carboxylic acids is 2. The first-order valence-corrected chi connectivity index (χ1v) is 11.4. The first kappa shape index (κ1) is 29.5. The minimum atomic E-state index is -4.54. The normalized spacial score (nSPS) is 16.6. The summed E-state index contributed by atoms with van der Waals surface area (Å²) < 4.78 is 79.4. The number of alkyl halides is 6. The van der Waals surface area contributed by atoms with Gasteiger partial charge in [-0.05, 0) is 12.1 Å². The van der Waals surface area contributed by atoms with Crippen molar-refractivity contribution in [1.29, 1.82) is 0 Å². The van der Waals surface area contributed by atoms with E-state index in [0.29, 0.717) is 0 Å². The Hall–Kier alpha value is -4.09. The van der Waals surface area contributed by atoms with Crippen LogP contribution in [0.15, 0.2) is 34.6 Å². The fourth-order valence-electron chi connectivity index (χ4n) is 3.34. The molecule has 0 aliphatic carbocycles. The summed E-state index contributed by atoms with van der Waals surface area (Å²) in [6.45, 7) is -1.90. The van der Waals surface area contributed by atoms with Crippen LogP contribution in [0.3, 0.4) is 0 Å². The number of nitrogens with two attached hydrogens (primary N) is 1. The highest BCUT2D eigenvalue weighted by molar-refractivity contribution is 6.32. The number of halogens is 6. The van der Waals surface area contributed by atoms with Crippen molar-refractivity contribution in [2.45, 2.75) is 37.8 Å². The van der Waals surface area contributed by atoms with Crippen LogP contribution >= 0.6 is 0 Å². The molecule has 1 unspecified atom stereocenters. The summed E-state index contributed by atoms with van der Waals surface area (Å²) in [7, 11) is 0. The molecule has 1 atom stereocenters. The number of aromatic nitrogens is 4. The number of carbonyl (C=O) groups is 2. The summed E-state index contributed by atoms with van der Waals surface area (Å²) in [5.41, 5.74) is -1.03. The molecule has 212 valence electrons. The van der Waals surface area contributed by atoms with E-state index < -0.39 is 48.7 Å². The number of likely N-dealkylation sites (tertiary alicyclic amines) is 1. The molecular weight excluding hydrogens is 538 g/mol. The van der Waals surface area contributed by atoms with Crippen LogP contribution in [0.25, 0.3) is 0 Å².